The summed E-state index contributed by atoms with van der Waals surface area (Å²) in [5, 5.41) is 9.70. The molecule has 2 aromatic heterocycles. The van der Waals surface area contributed by atoms with E-state index in [1.54, 1.807) is 11.8 Å². The Morgan fingerprint density at radius 1 is 0.742 bits per heavy atom. The molecule has 3 aliphatic rings. The van der Waals surface area contributed by atoms with Gasteiger partial charge in [-0.25, -0.2) is 19.6 Å². The van der Waals surface area contributed by atoms with Crippen LogP contribution in [0.4, 0.5) is 9.59 Å². The summed E-state index contributed by atoms with van der Waals surface area (Å²) in [6.07, 6.45) is 4.31. The minimum absolute atomic E-state index is 0.0688. The Hall–Kier alpha value is -7.26. The molecule has 66 heavy (non-hydrogen) atoms. The van der Waals surface area contributed by atoms with Gasteiger partial charge >= 0.3 is 12.2 Å². The Bertz CT molecular complexity index is 2990. The van der Waals surface area contributed by atoms with Crippen LogP contribution in [-0.2, 0) is 23.8 Å². The number of H-pyrrole nitrogens is 2. The van der Waals surface area contributed by atoms with Gasteiger partial charge in [0.2, 0.25) is 5.91 Å². The smallest absolute Gasteiger partial charge is 0.407 e. The van der Waals surface area contributed by atoms with Crippen molar-refractivity contribution in [1.29, 1.82) is 0 Å². The Labute approximate surface area is 381 Å². The minimum atomic E-state index is -0.906. The third kappa shape index (κ3) is 7.76. The molecule has 2 bridgehead atoms. The van der Waals surface area contributed by atoms with Gasteiger partial charge < -0.3 is 44.6 Å². The average Bonchev–Trinajstić information content (AvgIpc) is 4.23. The maximum Gasteiger partial charge on any atom is 0.407 e. The van der Waals surface area contributed by atoms with Crippen LogP contribution in [0.25, 0.3) is 55.0 Å². The van der Waals surface area contributed by atoms with E-state index in [0.29, 0.717) is 17.9 Å². The fourth-order valence-electron chi connectivity index (χ4n) is 10.5. The molecular weight excluding hydrogens is 837 g/mol. The van der Waals surface area contributed by atoms with Crippen molar-refractivity contribution in [3.8, 4) is 22.4 Å². The molecular formula is C51H52N8O7. The van der Waals surface area contributed by atoms with Gasteiger partial charge in [-0.05, 0) is 102 Å². The Morgan fingerprint density at radius 2 is 1.44 bits per heavy atom. The molecule has 0 radical (unpaired) electrons. The number of nitrogens with zero attached hydrogens (tertiary/aromatic N) is 4. The highest BCUT2D eigenvalue weighted by molar-refractivity contribution is 6.06. The van der Waals surface area contributed by atoms with E-state index in [4.69, 9.17) is 24.2 Å². The molecule has 0 spiro atoms. The van der Waals surface area contributed by atoms with Crippen molar-refractivity contribution in [3.05, 3.63) is 120 Å². The van der Waals surface area contributed by atoms with Crippen molar-refractivity contribution < 1.29 is 33.4 Å². The predicted molar refractivity (Wildman–Crippen MR) is 249 cm³/mol. The lowest BCUT2D eigenvalue weighted by Gasteiger charge is -2.36. The van der Waals surface area contributed by atoms with Gasteiger partial charge in [0.15, 0.2) is 0 Å². The number of rotatable bonds is 11. The number of piperidine rings is 1. The zero-order chi connectivity index (χ0) is 45.6. The molecule has 15 nitrogen and oxygen atoms in total. The third-order valence-corrected chi connectivity index (χ3v) is 13.9. The van der Waals surface area contributed by atoms with Crippen LogP contribution >= 0.6 is 0 Å². The number of hydrogen-bond donors (Lipinski definition) is 4. The number of aromatic amines is 2. The molecule has 1 unspecified atom stereocenters. The first-order chi connectivity index (χ1) is 32.1. The number of alkyl carbamates (subject to hydrolysis) is 2. The summed E-state index contributed by atoms with van der Waals surface area (Å²) in [4.78, 5) is 73.4. The molecule has 15 heteroatoms. The Balaban J connectivity index is 0.876. The van der Waals surface area contributed by atoms with Crippen LogP contribution in [0.3, 0.4) is 0 Å². The van der Waals surface area contributed by atoms with Crippen molar-refractivity contribution in [2.75, 3.05) is 27.9 Å². The van der Waals surface area contributed by atoms with E-state index in [9.17, 15) is 19.2 Å². The minimum Gasteiger partial charge on any atom is -0.453 e. The van der Waals surface area contributed by atoms with Gasteiger partial charge in [-0.15, -0.1) is 0 Å². The second-order valence-corrected chi connectivity index (χ2v) is 17.6. The van der Waals surface area contributed by atoms with E-state index < -0.39 is 30.4 Å². The highest BCUT2D eigenvalue weighted by atomic mass is 16.5. The molecule has 4 heterocycles. The van der Waals surface area contributed by atoms with E-state index in [1.165, 1.54) is 21.3 Å². The molecule has 4 N–H and O–H groups in total. The average molecular weight is 889 g/mol. The maximum absolute atomic E-state index is 14.4. The van der Waals surface area contributed by atoms with Crippen LogP contribution in [0.15, 0.2) is 103 Å². The van der Waals surface area contributed by atoms with E-state index in [-0.39, 0.29) is 35.9 Å². The van der Waals surface area contributed by atoms with E-state index in [0.717, 1.165) is 92.9 Å². The van der Waals surface area contributed by atoms with Crippen LogP contribution in [0.2, 0.25) is 0 Å². The van der Waals surface area contributed by atoms with Crippen LogP contribution < -0.4 is 10.6 Å². The lowest BCUT2D eigenvalue weighted by atomic mass is 9.96. The summed E-state index contributed by atoms with van der Waals surface area (Å²) in [6.45, 7) is 2.28. The number of likely N-dealkylation sites (tertiary alicyclic amines) is 2. The number of amides is 4. The van der Waals surface area contributed by atoms with Gasteiger partial charge in [0.1, 0.15) is 23.7 Å². The van der Waals surface area contributed by atoms with Gasteiger partial charge in [0.05, 0.1) is 55.3 Å². The number of ether oxygens (including phenoxy) is 3. The number of hydrogen-bond acceptors (Lipinski definition) is 9. The molecule has 2 saturated heterocycles. The first kappa shape index (κ1) is 42.7. The van der Waals surface area contributed by atoms with Crippen molar-refractivity contribution in [3.63, 3.8) is 0 Å². The van der Waals surface area contributed by atoms with Gasteiger partial charge in [0, 0.05) is 30.6 Å². The highest BCUT2D eigenvalue weighted by Gasteiger charge is 2.51. The number of methoxy groups -OCH3 is 3. The van der Waals surface area contributed by atoms with Crippen molar-refractivity contribution in [2.45, 2.75) is 75.3 Å². The molecule has 10 rings (SSSR count). The molecule has 1 saturated carbocycles. The molecule has 5 aromatic carbocycles. The summed E-state index contributed by atoms with van der Waals surface area (Å²) >= 11 is 0. The standard InChI is InChI=1S/C51H52N8O7/c1-28(64-2)42(56-50(62)65-3)48(60)58-22-8-11-41(58)46-53-39-21-18-34-24-33(17-20-38(34)44(39)55-46)30-12-13-32-25-35(15-14-31(32)23-30)40-27-52-47(54-40)45-36-16-19-37(26-36)59(45)49(61)43(57-51(63)66-4)29-9-6-5-7-10-29/h5-7,9-10,12-15,17-18,20-21,23-25,27-28,36-37,41-43,45H,8,11,16,19,22,26H2,1-4H3,(H,52,54)(H,53,55)(H,56,62)(H,57,63)/t28-,36+,37-,41+,42?,43-,45+/m1/s1. The second kappa shape index (κ2) is 17.6. The first-order valence-electron chi connectivity index (χ1n) is 22.5. The summed E-state index contributed by atoms with van der Waals surface area (Å²) < 4.78 is 15.1. The number of imidazole rings is 2. The number of nitrogens with one attached hydrogen (secondary N) is 4. The highest BCUT2D eigenvalue weighted by Crippen LogP contribution is 2.51. The fraction of sp³-hybridized carbons (Fsp3) is 0.333. The van der Waals surface area contributed by atoms with Gasteiger partial charge in [0.25, 0.3) is 5.91 Å². The zero-order valence-corrected chi connectivity index (χ0v) is 37.2. The number of carbonyl (C=O) groups excluding carboxylic acids is 4. The number of fused-ring (bicyclic) bond motifs is 6. The SMILES string of the molecule is COC(=O)NC(C(=O)N1CCC[C@H]1c1nc2ccc3cc(-c4ccc5cc(-c6cnc([C@@H]7[C@H]8CC[C@H](C8)N7C(=O)[C@H](NC(=O)OC)c7ccccc7)[nH]6)ccc5c4)ccc3c2[nH]1)[C@@H](C)OC. The van der Waals surface area contributed by atoms with Crippen LogP contribution in [0.5, 0.6) is 0 Å². The van der Waals surface area contributed by atoms with Gasteiger partial charge in [-0.1, -0.05) is 72.8 Å². The van der Waals surface area contributed by atoms with Gasteiger partial charge in [-0.2, -0.15) is 0 Å². The normalized spacial score (nSPS) is 20.4. The van der Waals surface area contributed by atoms with Crippen LogP contribution in [0.1, 0.15) is 74.4 Å². The molecule has 1 aliphatic carbocycles. The monoisotopic (exact) mass is 888 g/mol. The molecule has 7 aromatic rings. The largest absolute Gasteiger partial charge is 0.453 e. The number of aromatic nitrogens is 4. The van der Waals surface area contributed by atoms with E-state index in [2.05, 4.69) is 81.3 Å². The topological polar surface area (TPSA) is 184 Å². The van der Waals surface area contributed by atoms with Crippen LogP contribution in [0, 0.1) is 5.92 Å². The van der Waals surface area contributed by atoms with E-state index >= 15 is 0 Å². The van der Waals surface area contributed by atoms with Crippen LogP contribution in [-0.4, -0.2) is 99.8 Å². The van der Waals surface area contributed by atoms with Crippen molar-refractivity contribution in [1.82, 2.24) is 40.4 Å². The molecule has 7 atom stereocenters. The maximum atomic E-state index is 14.4. The summed E-state index contributed by atoms with van der Waals surface area (Å²) in [6, 6.07) is 30.5. The van der Waals surface area contributed by atoms with Gasteiger partial charge in [-0.3, -0.25) is 9.59 Å². The summed E-state index contributed by atoms with van der Waals surface area (Å²) in [7, 11) is 4.07. The molecule has 338 valence electrons. The summed E-state index contributed by atoms with van der Waals surface area (Å²) in [5.41, 5.74) is 6.45. The zero-order valence-electron chi connectivity index (χ0n) is 37.2. The lowest BCUT2D eigenvalue weighted by Crippen LogP contribution is -2.54. The first-order valence-corrected chi connectivity index (χ1v) is 22.5. The lowest BCUT2D eigenvalue weighted by molar-refractivity contribution is -0.138. The number of carbonyl (C=O) groups is 4. The Kier molecular flexibility index (Phi) is 11.4. The Morgan fingerprint density at radius 3 is 2.20 bits per heavy atom. The number of benzene rings is 5. The molecule has 3 fully saturated rings. The van der Waals surface area contributed by atoms with Crippen molar-refractivity contribution in [2.24, 2.45) is 5.92 Å². The summed E-state index contributed by atoms with van der Waals surface area (Å²) in [5.74, 6) is 1.31. The fourth-order valence-corrected chi connectivity index (χ4v) is 10.5. The van der Waals surface area contributed by atoms with E-state index in [1.807, 2.05) is 47.5 Å². The molecule has 2 aliphatic heterocycles. The second-order valence-electron chi connectivity index (χ2n) is 17.6. The predicted octanol–water partition coefficient (Wildman–Crippen LogP) is 8.50. The quantitative estimate of drug-likeness (QED) is 0.0989. The van der Waals surface area contributed by atoms with Crippen molar-refractivity contribution >= 4 is 56.6 Å². The molecule has 4 amide bonds. The third-order valence-electron chi connectivity index (χ3n) is 13.9.